The van der Waals surface area contributed by atoms with Gasteiger partial charge >= 0.3 is 0 Å². The Balaban J connectivity index is 0. The Morgan fingerprint density at radius 3 is 1.46 bits per heavy atom. The lowest BCUT2D eigenvalue weighted by Gasteiger charge is -2.46. The number of morpholine rings is 1. The van der Waals surface area contributed by atoms with E-state index in [2.05, 4.69) is 65.4 Å². The lowest BCUT2D eigenvalue weighted by Crippen LogP contribution is -2.63. The maximum atomic E-state index is 11.4. The summed E-state index contributed by atoms with van der Waals surface area (Å²) >= 11 is 35.0. The average Bonchev–Trinajstić information content (AvgIpc) is 3.23. The van der Waals surface area contributed by atoms with Crippen molar-refractivity contribution in [2.45, 2.75) is 101 Å². The molecule has 9 nitrogen and oxygen atoms in total. The molecule has 0 saturated carbocycles. The molecular formula is C46H57Br4Cl4N3O6. The van der Waals surface area contributed by atoms with E-state index in [-0.39, 0.29) is 45.2 Å². The fourth-order valence-corrected chi connectivity index (χ4v) is 6.08. The molecule has 1 fully saturated rings. The minimum absolute atomic E-state index is 0.0486. The number of hydrogen-bond acceptors (Lipinski definition) is 9. The smallest absolute Gasteiger partial charge is 0.208 e. The fraction of sp³-hybridized carbons (Fsp3) is 0.391. The Morgan fingerprint density at radius 2 is 1.16 bits per heavy atom. The number of ketones is 3. The molecule has 348 valence electrons. The average molecular weight is 1210 g/mol. The molecule has 5 N–H and O–H groups in total. The highest BCUT2D eigenvalue weighted by molar-refractivity contribution is 9.93. The van der Waals surface area contributed by atoms with E-state index in [0.29, 0.717) is 55.4 Å². The number of aliphatic hydroxyl groups is 2. The Morgan fingerprint density at radius 1 is 0.825 bits per heavy atom. The van der Waals surface area contributed by atoms with Crippen LogP contribution in [0.1, 0.15) is 105 Å². The molecule has 1 saturated heterocycles. The quantitative estimate of drug-likeness (QED) is 0.0993. The van der Waals surface area contributed by atoms with E-state index in [0.717, 1.165) is 0 Å². The Bertz CT molecular complexity index is 1970. The number of nitrogens with two attached hydrogens (primary N) is 1. The van der Waals surface area contributed by atoms with Gasteiger partial charge in [0.1, 0.15) is 0 Å². The summed E-state index contributed by atoms with van der Waals surface area (Å²) in [6.07, 6.45) is 0.528. The number of ether oxygens (including phenoxy) is 1. The number of nitrogens with zero attached hydrogens (tertiary/aromatic N) is 1. The number of nitriles is 1. The number of halogens is 8. The zero-order valence-corrected chi connectivity index (χ0v) is 46.0. The van der Waals surface area contributed by atoms with Gasteiger partial charge in [0.05, 0.1) is 35.0 Å². The van der Waals surface area contributed by atoms with Crippen LogP contribution in [0.2, 0.25) is 20.1 Å². The van der Waals surface area contributed by atoms with Crippen LogP contribution in [0.5, 0.6) is 0 Å². The van der Waals surface area contributed by atoms with Crippen molar-refractivity contribution in [1.82, 2.24) is 5.32 Å². The monoisotopic (exact) mass is 1200 g/mol. The van der Waals surface area contributed by atoms with Gasteiger partial charge in [0, 0.05) is 95.0 Å². The molecule has 17 heteroatoms. The number of carbonyl (C=O) groups excluding carboxylic acids is 3. The van der Waals surface area contributed by atoms with Crippen LogP contribution < -0.4 is 11.1 Å². The van der Waals surface area contributed by atoms with E-state index in [1.54, 1.807) is 119 Å². The molecule has 1 aliphatic heterocycles. The SMILES string of the molecule is BrBr.CC#N.CC(Br)C(=O)c1cccc(Cl)c1.CC(Br)C(=O)c1cccc(Cl)c1.CC(C)(N)CO.CCC(=O)c1cccc(Cl)c1.C[C@H]1NC(C)(C)CO[C@]1(O)c1cccc(Cl)c1. The second-order valence-electron chi connectivity index (χ2n) is 14.9. The molecule has 0 aliphatic carbocycles. The summed E-state index contributed by atoms with van der Waals surface area (Å²) in [4.78, 5) is 33.6. The van der Waals surface area contributed by atoms with Crippen molar-refractivity contribution in [3.8, 4) is 6.07 Å². The predicted octanol–water partition coefficient (Wildman–Crippen LogP) is 13.8. The van der Waals surface area contributed by atoms with Crippen molar-refractivity contribution >= 4 is 124 Å². The predicted molar refractivity (Wildman–Crippen MR) is 277 cm³/mol. The summed E-state index contributed by atoms with van der Waals surface area (Å²) in [5.74, 6) is -1.08. The van der Waals surface area contributed by atoms with Crippen LogP contribution >= 0.6 is 107 Å². The first-order chi connectivity index (χ1) is 29.3. The molecule has 63 heavy (non-hydrogen) atoms. The highest BCUT2D eigenvalue weighted by Gasteiger charge is 2.44. The van der Waals surface area contributed by atoms with Crippen LogP contribution in [0.25, 0.3) is 0 Å². The van der Waals surface area contributed by atoms with E-state index in [9.17, 15) is 19.5 Å². The zero-order chi connectivity index (χ0) is 49.1. The van der Waals surface area contributed by atoms with Crippen LogP contribution in [0.3, 0.4) is 0 Å². The zero-order valence-electron chi connectivity index (χ0n) is 36.7. The van der Waals surface area contributed by atoms with Crippen molar-refractivity contribution in [3.63, 3.8) is 0 Å². The van der Waals surface area contributed by atoms with Gasteiger partial charge in [-0.3, -0.25) is 14.4 Å². The van der Waals surface area contributed by atoms with Crippen molar-refractivity contribution in [2.75, 3.05) is 13.2 Å². The molecule has 5 rings (SSSR count). The van der Waals surface area contributed by atoms with Crippen LogP contribution in [0.15, 0.2) is 97.1 Å². The van der Waals surface area contributed by atoms with E-state index in [1.165, 1.54) is 6.92 Å². The molecule has 1 heterocycles. The lowest BCUT2D eigenvalue weighted by atomic mass is 9.93. The first-order valence-electron chi connectivity index (χ1n) is 19.2. The maximum Gasteiger partial charge on any atom is 0.208 e. The van der Waals surface area contributed by atoms with Crippen LogP contribution in [0.4, 0.5) is 0 Å². The summed E-state index contributed by atoms with van der Waals surface area (Å²) in [5.41, 5.74) is 7.41. The van der Waals surface area contributed by atoms with Gasteiger partial charge in [-0.1, -0.05) is 134 Å². The van der Waals surface area contributed by atoms with Gasteiger partial charge in [0.15, 0.2) is 17.3 Å². The molecule has 0 aromatic heterocycles. The molecule has 1 aliphatic rings. The maximum absolute atomic E-state index is 11.4. The van der Waals surface area contributed by atoms with Gasteiger partial charge in [-0.2, -0.15) is 5.26 Å². The van der Waals surface area contributed by atoms with Crippen LogP contribution in [0, 0.1) is 11.3 Å². The molecule has 4 atom stereocenters. The largest absolute Gasteiger partial charge is 0.394 e. The van der Waals surface area contributed by atoms with Crippen LogP contribution in [-0.2, 0) is 10.5 Å². The number of aliphatic hydroxyl groups excluding tert-OH is 1. The standard InChI is InChI=1S/C13H18ClNO2.2C9H8BrClO.C9H9ClO.C4H11NO.C2H3N.Br2/c1-9-13(16,17-8-12(2,3)15-9)10-5-4-6-11(14)7-10;2*1-6(10)9(12)7-3-2-4-8(11)5-7;1-2-9(11)7-4-3-5-8(10)6-7;1-4(2,5)3-6;1-2-3;1-2/h4-7,9,15-16H,8H2,1-3H3;2*2-6H,1H3;3-6H,2H2,1H3;6H,3,5H2,1-2H3;1H3;/t9-,13+;;;;;;/m1....../s1. The number of hydrogen-bond donors (Lipinski definition) is 4. The van der Waals surface area contributed by atoms with Gasteiger partial charge < -0.3 is 26.0 Å². The van der Waals surface area contributed by atoms with E-state index < -0.39 is 11.3 Å². The van der Waals surface area contributed by atoms with Gasteiger partial charge in [0.2, 0.25) is 5.79 Å². The second kappa shape index (κ2) is 32.9. The summed E-state index contributed by atoms with van der Waals surface area (Å²) in [6, 6.07) is 29.6. The van der Waals surface area contributed by atoms with E-state index in [1.807, 2.05) is 39.8 Å². The van der Waals surface area contributed by atoms with Crippen molar-refractivity contribution < 1.29 is 29.3 Å². The fourth-order valence-electron chi connectivity index (χ4n) is 4.79. The Labute approximate surface area is 425 Å². The summed E-state index contributed by atoms with van der Waals surface area (Å²) in [7, 11) is 0. The third-order valence-electron chi connectivity index (χ3n) is 7.90. The van der Waals surface area contributed by atoms with Crippen molar-refractivity contribution in [3.05, 3.63) is 139 Å². The minimum atomic E-state index is -1.32. The molecule has 0 amide bonds. The van der Waals surface area contributed by atoms with E-state index >= 15 is 0 Å². The minimum Gasteiger partial charge on any atom is -0.394 e. The highest BCUT2D eigenvalue weighted by Crippen LogP contribution is 2.33. The summed E-state index contributed by atoms with van der Waals surface area (Å²) in [5, 5.41) is 32.0. The Hall–Kier alpha value is -1.74. The Kier molecular flexibility index (Phi) is 33.0. The number of rotatable bonds is 8. The number of alkyl halides is 2. The molecule has 2 unspecified atom stereocenters. The number of benzene rings is 4. The third kappa shape index (κ3) is 26.9. The molecule has 4 aromatic rings. The lowest BCUT2D eigenvalue weighted by molar-refractivity contribution is -0.263. The summed E-state index contributed by atoms with van der Waals surface area (Å²) < 4.78 is 5.67. The highest BCUT2D eigenvalue weighted by atomic mass is 80.9. The second-order valence-corrected chi connectivity index (χ2v) is 19.4. The van der Waals surface area contributed by atoms with Gasteiger partial charge in [-0.05, 0) is 97.0 Å². The number of carbonyl (C=O) groups is 3. The topological polar surface area (TPSA) is 163 Å². The molecule has 0 spiro atoms. The van der Waals surface area contributed by atoms with Crippen molar-refractivity contribution in [2.24, 2.45) is 5.73 Å². The molecule has 0 radical (unpaired) electrons. The van der Waals surface area contributed by atoms with Gasteiger partial charge in [-0.15, -0.1) is 0 Å². The number of nitrogens with one attached hydrogen (secondary N) is 1. The van der Waals surface area contributed by atoms with Crippen molar-refractivity contribution in [1.29, 1.82) is 5.26 Å². The normalized spacial score (nSPS) is 16.6. The third-order valence-corrected chi connectivity index (χ3v) is 9.67. The first kappa shape index (κ1) is 63.3. The van der Waals surface area contributed by atoms with Gasteiger partial charge in [-0.25, -0.2) is 0 Å². The molecule has 0 bridgehead atoms. The molecular weight excluding hydrogens is 1150 g/mol. The molecule has 4 aromatic carbocycles. The van der Waals surface area contributed by atoms with Gasteiger partial charge in [0.25, 0.3) is 0 Å². The summed E-state index contributed by atoms with van der Waals surface area (Å²) in [6.45, 7) is 16.9. The first-order valence-corrected chi connectivity index (χ1v) is 26.2. The van der Waals surface area contributed by atoms with E-state index in [4.69, 9.17) is 67.2 Å². The van der Waals surface area contributed by atoms with Crippen LogP contribution in [-0.4, -0.2) is 67.6 Å². The number of Topliss-reactive ketones (excluding diaryl/α,β-unsaturated/α-hetero) is 3.